The summed E-state index contributed by atoms with van der Waals surface area (Å²) in [5.74, 6) is 0. The highest BCUT2D eigenvalue weighted by Crippen LogP contribution is 2.39. The van der Waals surface area contributed by atoms with Crippen LogP contribution in [0, 0.1) is 0 Å². The van der Waals surface area contributed by atoms with Gasteiger partial charge in [-0.1, -0.05) is 72.3 Å². The zero-order valence-corrected chi connectivity index (χ0v) is 17.4. The Kier molecular flexibility index (Phi) is 4.68. The first-order chi connectivity index (χ1) is 10.4. The zero-order chi connectivity index (χ0) is 17.6. The Morgan fingerprint density at radius 3 is 2.22 bits per heavy atom. The summed E-state index contributed by atoms with van der Waals surface area (Å²) in [7, 11) is -6.41. The molecule has 1 atom stereocenters. The van der Waals surface area contributed by atoms with Crippen LogP contribution < -0.4 is 5.19 Å². The van der Waals surface area contributed by atoms with E-state index in [1.54, 1.807) is 13.1 Å². The first kappa shape index (κ1) is 18.4. The maximum absolute atomic E-state index is 15.1. The van der Waals surface area contributed by atoms with Gasteiger partial charge in [0.25, 0.3) is 0 Å². The van der Waals surface area contributed by atoms with Gasteiger partial charge >= 0.3 is 8.74 Å². The van der Waals surface area contributed by atoms with E-state index >= 15 is 8.22 Å². The smallest absolute Gasteiger partial charge is 0.374 e. The lowest BCUT2D eigenvalue weighted by atomic mass is 10.2. The van der Waals surface area contributed by atoms with Gasteiger partial charge in [0.2, 0.25) is 0 Å². The van der Waals surface area contributed by atoms with Crippen molar-refractivity contribution in [3.05, 3.63) is 30.5 Å². The summed E-state index contributed by atoms with van der Waals surface area (Å²) in [5.41, 5.74) is 0.450. The minimum Gasteiger partial charge on any atom is -0.374 e. The molecule has 0 saturated heterocycles. The van der Waals surface area contributed by atoms with Crippen LogP contribution in [-0.2, 0) is 0 Å². The lowest BCUT2D eigenvalue weighted by molar-refractivity contribution is 0.573. The maximum atomic E-state index is 15.1. The summed E-state index contributed by atoms with van der Waals surface area (Å²) < 4.78 is 32.4. The fourth-order valence-corrected chi connectivity index (χ4v) is 6.81. The Labute approximate surface area is 141 Å². The summed E-state index contributed by atoms with van der Waals surface area (Å²) in [4.78, 5) is 0. The monoisotopic (exact) mass is 353 g/mol. The number of aromatic nitrogens is 1. The SMILES string of the molecule is CCC(C)[Si](F)(F)c1cn([Si](C)(C)C(C)(C)C)c2ccccc12. The summed E-state index contributed by atoms with van der Waals surface area (Å²) in [6, 6.07) is 7.71. The second-order valence-corrected chi connectivity index (χ2v) is 16.0. The van der Waals surface area contributed by atoms with Crippen LogP contribution in [-0.4, -0.2) is 21.2 Å². The lowest BCUT2D eigenvalue weighted by Gasteiger charge is -2.38. The lowest BCUT2D eigenvalue weighted by Crippen LogP contribution is -2.46. The molecule has 2 rings (SSSR count). The average Bonchev–Trinajstić information content (AvgIpc) is 2.85. The third-order valence-corrected chi connectivity index (χ3v) is 13.7. The Bertz CT molecular complexity index is 699. The van der Waals surface area contributed by atoms with Gasteiger partial charge in [-0.3, -0.25) is 8.22 Å². The minimum atomic E-state index is -4.46. The van der Waals surface area contributed by atoms with Crippen molar-refractivity contribution < 1.29 is 8.22 Å². The second kappa shape index (κ2) is 5.85. The molecule has 5 heteroatoms. The molecule has 1 aromatic carbocycles. The van der Waals surface area contributed by atoms with E-state index in [1.165, 1.54) is 0 Å². The molecule has 0 amide bonds. The molecule has 1 aromatic heterocycles. The average molecular weight is 354 g/mol. The van der Waals surface area contributed by atoms with Crippen molar-refractivity contribution in [1.29, 1.82) is 0 Å². The number of halogens is 2. The van der Waals surface area contributed by atoms with E-state index in [-0.39, 0.29) is 5.04 Å². The van der Waals surface area contributed by atoms with E-state index in [0.717, 1.165) is 10.9 Å². The van der Waals surface area contributed by atoms with Gasteiger partial charge in [0.15, 0.2) is 8.24 Å². The molecule has 128 valence electrons. The number of benzene rings is 1. The van der Waals surface area contributed by atoms with Crippen molar-refractivity contribution >= 4 is 33.1 Å². The van der Waals surface area contributed by atoms with Crippen molar-refractivity contribution in [2.24, 2.45) is 0 Å². The van der Waals surface area contributed by atoms with Crippen LogP contribution >= 0.6 is 0 Å². The number of hydrogen-bond acceptors (Lipinski definition) is 0. The summed E-state index contributed by atoms with van der Waals surface area (Å²) in [6.45, 7) is 14.8. The molecule has 0 saturated carbocycles. The first-order valence-electron chi connectivity index (χ1n) is 8.43. The Hall–Kier alpha value is -0.946. The fourth-order valence-electron chi connectivity index (χ4n) is 2.79. The molecule has 23 heavy (non-hydrogen) atoms. The van der Waals surface area contributed by atoms with Crippen molar-refractivity contribution in [1.82, 2.24) is 4.23 Å². The second-order valence-electron chi connectivity index (χ2n) is 8.17. The van der Waals surface area contributed by atoms with Gasteiger partial charge in [-0.25, -0.2) is 0 Å². The molecule has 1 nitrogen and oxygen atoms in total. The number of hydrogen-bond donors (Lipinski definition) is 0. The molecule has 1 heterocycles. The molecule has 0 fully saturated rings. The third kappa shape index (κ3) is 2.93. The van der Waals surface area contributed by atoms with E-state index in [4.69, 9.17) is 0 Å². The van der Waals surface area contributed by atoms with Crippen LogP contribution in [0.2, 0.25) is 23.7 Å². The van der Waals surface area contributed by atoms with E-state index in [1.807, 2.05) is 31.2 Å². The normalized spacial score (nSPS) is 15.2. The summed E-state index contributed by atoms with van der Waals surface area (Å²) >= 11 is 0. The van der Waals surface area contributed by atoms with Gasteiger partial charge in [-0.2, -0.15) is 0 Å². The highest BCUT2D eigenvalue weighted by atomic mass is 28.4. The fraction of sp³-hybridized carbons (Fsp3) is 0.556. The van der Waals surface area contributed by atoms with Gasteiger partial charge < -0.3 is 4.23 Å². The van der Waals surface area contributed by atoms with Gasteiger partial charge in [-0.05, 0) is 11.1 Å². The molecule has 0 radical (unpaired) electrons. The van der Waals surface area contributed by atoms with Crippen molar-refractivity contribution in [2.45, 2.75) is 64.7 Å². The topological polar surface area (TPSA) is 4.93 Å². The number of para-hydroxylation sites is 1. The highest BCUT2D eigenvalue weighted by Gasteiger charge is 2.47. The molecule has 1 unspecified atom stereocenters. The Morgan fingerprint density at radius 2 is 1.70 bits per heavy atom. The number of fused-ring (bicyclic) bond motifs is 1. The molecule has 0 bridgehead atoms. The third-order valence-electron chi connectivity index (χ3n) is 5.74. The minimum absolute atomic E-state index is 0.0965. The van der Waals surface area contributed by atoms with Gasteiger partial charge in [0, 0.05) is 27.8 Å². The molecule has 0 spiro atoms. The number of rotatable bonds is 4. The zero-order valence-electron chi connectivity index (χ0n) is 15.4. The van der Waals surface area contributed by atoms with Crippen LogP contribution in [0.5, 0.6) is 0 Å². The highest BCUT2D eigenvalue weighted by molar-refractivity contribution is 6.84. The Morgan fingerprint density at radius 1 is 1.13 bits per heavy atom. The Balaban J connectivity index is 2.77. The molecular formula is C18H29F2NSi2. The van der Waals surface area contributed by atoms with Crippen molar-refractivity contribution in [3.63, 3.8) is 0 Å². The molecule has 2 aromatic rings. The van der Waals surface area contributed by atoms with Crippen LogP contribution in [0.1, 0.15) is 41.0 Å². The molecule has 0 N–H and O–H groups in total. The molecule has 0 aliphatic carbocycles. The van der Waals surface area contributed by atoms with Crippen molar-refractivity contribution in [3.8, 4) is 0 Å². The van der Waals surface area contributed by atoms with Crippen LogP contribution in [0.25, 0.3) is 10.9 Å². The molecule has 0 aliphatic rings. The van der Waals surface area contributed by atoms with Crippen LogP contribution in [0.4, 0.5) is 8.22 Å². The molecule has 0 aliphatic heterocycles. The van der Waals surface area contributed by atoms with Gasteiger partial charge in [-0.15, -0.1) is 0 Å². The number of nitrogens with zero attached hydrogens (tertiary/aromatic N) is 1. The van der Waals surface area contributed by atoms with E-state index in [2.05, 4.69) is 38.1 Å². The first-order valence-corrected chi connectivity index (χ1v) is 13.2. The standard InChI is InChI=1S/C18H29F2NSi2/c1-8-14(2)23(19,20)17-13-21(22(6,7)18(3,4)5)16-12-10-9-11-15(16)17/h9-14H,8H2,1-7H3. The van der Waals surface area contributed by atoms with Crippen LogP contribution in [0.3, 0.4) is 0 Å². The predicted octanol–water partition coefficient (Wildman–Crippen LogP) is 5.88. The maximum Gasteiger partial charge on any atom is 0.460 e. The van der Waals surface area contributed by atoms with Gasteiger partial charge in [0.05, 0.1) is 0 Å². The van der Waals surface area contributed by atoms with E-state index in [9.17, 15) is 0 Å². The summed E-state index contributed by atoms with van der Waals surface area (Å²) in [6.07, 6.45) is 2.33. The summed E-state index contributed by atoms with van der Waals surface area (Å²) in [5, 5.41) is 1.18. The van der Waals surface area contributed by atoms with E-state index in [0.29, 0.717) is 11.6 Å². The largest absolute Gasteiger partial charge is 0.460 e. The van der Waals surface area contributed by atoms with E-state index < -0.39 is 22.5 Å². The van der Waals surface area contributed by atoms with Crippen LogP contribution in [0.15, 0.2) is 30.5 Å². The molecular weight excluding hydrogens is 324 g/mol. The quantitative estimate of drug-likeness (QED) is 0.477. The van der Waals surface area contributed by atoms with Crippen molar-refractivity contribution in [2.75, 3.05) is 0 Å². The van der Waals surface area contributed by atoms with Gasteiger partial charge in [0.1, 0.15) is 0 Å². The predicted molar refractivity (Wildman–Crippen MR) is 102 cm³/mol.